The second-order valence-electron chi connectivity index (χ2n) is 14.1. The van der Waals surface area contributed by atoms with Crippen LogP contribution >= 0.6 is 0 Å². The Balaban J connectivity index is 0.000000230. The maximum atomic E-state index is 13.8. The maximum absolute atomic E-state index is 13.8. The van der Waals surface area contributed by atoms with Crippen molar-refractivity contribution in [2.24, 2.45) is 11.5 Å². The number of para-hydroxylation sites is 2. The van der Waals surface area contributed by atoms with Crippen LogP contribution in [-0.4, -0.2) is 60.8 Å². The number of amides is 2. The van der Waals surface area contributed by atoms with Gasteiger partial charge in [0.1, 0.15) is 12.6 Å². The van der Waals surface area contributed by atoms with Gasteiger partial charge < -0.3 is 26.0 Å². The molecule has 57 heavy (non-hydrogen) atoms. The summed E-state index contributed by atoms with van der Waals surface area (Å²) in [6.07, 6.45) is 1.33. The third-order valence-corrected chi connectivity index (χ3v) is 10.1. The molecule has 1 heterocycles. The van der Waals surface area contributed by atoms with Crippen molar-refractivity contribution in [3.8, 4) is 11.1 Å². The van der Waals surface area contributed by atoms with E-state index in [-0.39, 0.29) is 31.3 Å². The second-order valence-corrected chi connectivity index (χ2v) is 14.1. The first-order chi connectivity index (χ1) is 27.4. The third kappa shape index (κ3) is 10.4. The molecule has 0 unspecified atom stereocenters. The number of pyridine rings is 1. The first kappa shape index (κ1) is 41.6. The highest BCUT2D eigenvalue weighted by molar-refractivity contribution is 6.02. The Morgan fingerprint density at radius 3 is 1.51 bits per heavy atom. The summed E-state index contributed by atoms with van der Waals surface area (Å²) in [5.41, 5.74) is 19.6. The van der Waals surface area contributed by atoms with Gasteiger partial charge >= 0.3 is 5.97 Å². The van der Waals surface area contributed by atoms with Crippen molar-refractivity contribution in [1.29, 1.82) is 0 Å². The Labute approximate surface area is 334 Å². The molecule has 0 fully saturated rings. The van der Waals surface area contributed by atoms with Gasteiger partial charge in [-0.2, -0.15) is 0 Å². The molecule has 0 radical (unpaired) electrons. The molecule has 6 rings (SSSR count). The first-order valence-corrected chi connectivity index (χ1v) is 19.1. The molecule has 0 saturated heterocycles. The number of hydrogen-bond donors (Lipinski definition) is 2. The smallest absolute Gasteiger partial charge is 0.325 e. The van der Waals surface area contributed by atoms with Crippen molar-refractivity contribution in [3.63, 3.8) is 0 Å². The highest BCUT2D eigenvalue weighted by Gasteiger charge is 2.28. The zero-order valence-corrected chi connectivity index (χ0v) is 33.3. The molecule has 0 saturated carbocycles. The molecular weight excluding hydrogens is 715 g/mol. The molecule has 5 aromatic carbocycles. The van der Waals surface area contributed by atoms with E-state index < -0.39 is 23.9 Å². The minimum Gasteiger partial charge on any atom is -0.468 e. The molecule has 1 aromatic heterocycles. The molecule has 6 aromatic rings. The van der Waals surface area contributed by atoms with Gasteiger partial charge in [0.05, 0.1) is 30.7 Å². The van der Waals surface area contributed by atoms with Crippen molar-refractivity contribution in [2.75, 3.05) is 30.0 Å². The molecule has 0 aliphatic rings. The summed E-state index contributed by atoms with van der Waals surface area (Å²) in [7, 11) is 1.37. The number of nitrogens with zero attached hydrogens (tertiary/aromatic N) is 3. The number of rotatable bonds is 15. The number of esters is 1. The van der Waals surface area contributed by atoms with Gasteiger partial charge in [-0.05, 0) is 79.8 Å². The zero-order chi connectivity index (χ0) is 41.1. The molecule has 0 aliphatic carbocycles. The van der Waals surface area contributed by atoms with Gasteiger partial charge in [0.2, 0.25) is 11.8 Å². The molecule has 2 atom stereocenters. The summed E-state index contributed by atoms with van der Waals surface area (Å²) in [6.45, 7) is 7.85. The lowest BCUT2D eigenvalue weighted by molar-refractivity contribution is -0.139. The van der Waals surface area contributed by atoms with Gasteiger partial charge in [-0.15, -0.1) is 0 Å². The lowest BCUT2D eigenvalue weighted by Gasteiger charge is -2.31. The van der Waals surface area contributed by atoms with Crippen LogP contribution in [0.2, 0.25) is 0 Å². The summed E-state index contributed by atoms with van der Waals surface area (Å²) >= 11 is 0. The Hall–Kier alpha value is -6.55. The minimum atomic E-state index is -0.567. The Morgan fingerprint density at radius 2 is 1.05 bits per heavy atom. The van der Waals surface area contributed by atoms with Crippen LogP contribution in [0.15, 0.2) is 121 Å². The number of nitrogens with two attached hydrogens (primary N) is 2. The van der Waals surface area contributed by atoms with Crippen LogP contribution in [0.3, 0.4) is 0 Å². The van der Waals surface area contributed by atoms with Crippen molar-refractivity contribution < 1.29 is 23.9 Å². The SMILES string of the molecule is CC[C@H](C(=O)Cc1c2ccccc2nc2ccccc12)N(CC(=O)OC)c1ccc(C)cc1.CC[C@H](C(N)=O)N(CC(N)=O)c1ccc(-c2ccc(C)cc2)cc1. The topological polar surface area (TPSA) is 149 Å². The number of anilines is 2. The largest absolute Gasteiger partial charge is 0.468 e. The summed E-state index contributed by atoms with van der Waals surface area (Å²) in [5, 5.41) is 1.96. The van der Waals surface area contributed by atoms with E-state index in [0.29, 0.717) is 12.8 Å². The van der Waals surface area contributed by atoms with Crippen LogP contribution in [0.25, 0.3) is 32.9 Å². The van der Waals surface area contributed by atoms with Crippen molar-refractivity contribution in [2.45, 2.75) is 59.0 Å². The Kier molecular flexibility index (Phi) is 14.1. The molecule has 0 spiro atoms. The maximum Gasteiger partial charge on any atom is 0.325 e. The summed E-state index contributed by atoms with van der Waals surface area (Å²) in [5.74, 6) is -1.29. The van der Waals surface area contributed by atoms with E-state index >= 15 is 0 Å². The summed E-state index contributed by atoms with van der Waals surface area (Å²) in [6, 6.07) is 38.6. The van der Waals surface area contributed by atoms with Crippen LogP contribution in [-0.2, 0) is 30.3 Å². The number of hydrogen-bond acceptors (Lipinski definition) is 8. The van der Waals surface area contributed by atoms with Crippen LogP contribution in [0.4, 0.5) is 11.4 Å². The fourth-order valence-corrected chi connectivity index (χ4v) is 7.07. The molecule has 0 aliphatic heterocycles. The van der Waals surface area contributed by atoms with Crippen LogP contribution in [0.5, 0.6) is 0 Å². The van der Waals surface area contributed by atoms with E-state index in [9.17, 15) is 19.2 Å². The number of fused-ring (bicyclic) bond motifs is 2. The predicted molar refractivity (Wildman–Crippen MR) is 229 cm³/mol. The lowest BCUT2D eigenvalue weighted by atomic mass is 9.94. The van der Waals surface area contributed by atoms with E-state index in [1.54, 1.807) is 4.90 Å². The monoisotopic (exact) mass is 765 g/mol. The quantitative estimate of drug-likeness (QED) is 0.0808. The van der Waals surface area contributed by atoms with Crippen LogP contribution < -0.4 is 21.3 Å². The molecule has 0 bridgehead atoms. The Bertz CT molecular complexity index is 2270. The van der Waals surface area contributed by atoms with Crippen LogP contribution in [0, 0.1) is 13.8 Å². The number of ether oxygens (including phenoxy) is 1. The third-order valence-electron chi connectivity index (χ3n) is 10.1. The number of ketones is 1. The lowest BCUT2D eigenvalue weighted by Crippen LogP contribution is -2.48. The fourth-order valence-electron chi connectivity index (χ4n) is 7.07. The van der Waals surface area contributed by atoms with Gasteiger partial charge in [0, 0.05) is 28.6 Å². The average Bonchev–Trinajstić information content (AvgIpc) is 3.21. The highest BCUT2D eigenvalue weighted by Crippen LogP contribution is 2.29. The van der Waals surface area contributed by atoms with Gasteiger partial charge in [-0.3, -0.25) is 19.2 Å². The van der Waals surface area contributed by atoms with E-state index in [4.69, 9.17) is 21.2 Å². The fraction of sp³-hybridized carbons (Fsp3) is 0.255. The van der Waals surface area contributed by atoms with Gasteiger partial charge in [0.25, 0.3) is 0 Å². The molecule has 2 amide bonds. The first-order valence-electron chi connectivity index (χ1n) is 19.1. The number of carbonyl (C=O) groups is 4. The van der Waals surface area contributed by atoms with Gasteiger partial charge in [0.15, 0.2) is 5.78 Å². The number of aryl methyl sites for hydroxylation is 2. The standard InChI is InChI=1S/C28H28N2O3.C19H23N3O2/c1-4-26(30(18-28(32)33-3)20-15-13-19(2)14-16-20)27(31)17-23-21-9-5-7-11-24(21)29-25-12-8-6-10-22(23)25;1-3-17(19(21)24)22(12-18(20)23)16-10-8-15(9-11-16)14-6-4-13(2)5-7-14/h5-16,26H,4,17-18H2,1-3H3;4-11,17H,3,12H2,1-2H3,(H2,20,23)(H2,21,24)/t26-;17-/m11/s1. The molecule has 4 N–H and O–H groups in total. The van der Waals surface area contributed by atoms with E-state index in [1.807, 2.05) is 130 Å². The van der Waals surface area contributed by atoms with Gasteiger partial charge in [-0.25, -0.2) is 4.98 Å². The minimum absolute atomic E-state index is 0.0155. The van der Waals surface area contributed by atoms with Crippen molar-refractivity contribution >= 4 is 56.7 Å². The van der Waals surface area contributed by atoms with Crippen molar-refractivity contribution in [3.05, 3.63) is 138 Å². The van der Waals surface area contributed by atoms with E-state index in [1.165, 1.54) is 12.7 Å². The number of benzene rings is 5. The average molecular weight is 766 g/mol. The van der Waals surface area contributed by atoms with Gasteiger partial charge in [-0.1, -0.05) is 110 Å². The highest BCUT2D eigenvalue weighted by atomic mass is 16.5. The normalized spacial score (nSPS) is 11.9. The molecule has 294 valence electrons. The van der Waals surface area contributed by atoms with E-state index in [0.717, 1.165) is 55.4 Å². The predicted octanol–water partition coefficient (Wildman–Crippen LogP) is 7.48. The van der Waals surface area contributed by atoms with E-state index in [2.05, 4.69) is 24.3 Å². The molecule has 10 heteroatoms. The zero-order valence-electron chi connectivity index (χ0n) is 33.3. The van der Waals surface area contributed by atoms with Crippen LogP contribution in [0.1, 0.15) is 43.4 Å². The number of aromatic nitrogens is 1. The molecule has 10 nitrogen and oxygen atoms in total. The Morgan fingerprint density at radius 1 is 0.614 bits per heavy atom. The molecular formula is C47H51N5O5. The number of methoxy groups -OCH3 is 1. The number of primary amides is 2. The van der Waals surface area contributed by atoms with Crippen molar-refractivity contribution in [1.82, 2.24) is 4.98 Å². The second kappa shape index (κ2) is 19.4. The summed E-state index contributed by atoms with van der Waals surface area (Å²) < 4.78 is 4.93. The number of Topliss-reactive ketones (excluding diaryl/α,β-unsaturated/α-hetero) is 1. The number of carbonyl (C=O) groups excluding carboxylic acids is 4. The summed E-state index contributed by atoms with van der Waals surface area (Å²) in [4.78, 5) is 57.3.